The fourth-order valence-corrected chi connectivity index (χ4v) is 2.90. The number of hydrogen-bond acceptors (Lipinski definition) is 5. The van der Waals surface area contributed by atoms with Crippen molar-refractivity contribution in [3.63, 3.8) is 0 Å². The van der Waals surface area contributed by atoms with Gasteiger partial charge in [0.1, 0.15) is 0 Å². The van der Waals surface area contributed by atoms with Gasteiger partial charge in [0.25, 0.3) is 0 Å². The summed E-state index contributed by atoms with van der Waals surface area (Å²) in [5.41, 5.74) is 0.976. The Bertz CT molecular complexity index is 650. The van der Waals surface area contributed by atoms with Crippen molar-refractivity contribution in [1.82, 2.24) is 10.3 Å². The van der Waals surface area contributed by atoms with Crippen molar-refractivity contribution in [2.75, 3.05) is 14.2 Å². The van der Waals surface area contributed by atoms with Crippen molar-refractivity contribution in [2.45, 2.75) is 23.6 Å². The number of aromatic nitrogens is 1. The molecule has 5 nitrogen and oxygen atoms in total. The molecule has 2 rings (SSSR count). The Balaban J connectivity index is 1.93. The second kappa shape index (κ2) is 8.43. The summed E-state index contributed by atoms with van der Waals surface area (Å²) in [4.78, 5) is 17.2. The summed E-state index contributed by atoms with van der Waals surface area (Å²) in [6, 6.07) is 9.40. The molecule has 1 amide bonds. The zero-order valence-electron chi connectivity index (χ0n) is 13.4. The van der Waals surface area contributed by atoms with E-state index < -0.39 is 0 Å². The molecule has 1 N–H and O–H groups in total. The van der Waals surface area contributed by atoms with Crippen LogP contribution in [0.5, 0.6) is 11.5 Å². The molecule has 0 saturated carbocycles. The van der Waals surface area contributed by atoms with Crippen molar-refractivity contribution in [2.24, 2.45) is 0 Å². The maximum absolute atomic E-state index is 12.2. The van der Waals surface area contributed by atoms with Crippen LogP contribution in [-0.2, 0) is 11.3 Å². The van der Waals surface area contributed by atoms with Gasteiger partial charge in [0.05, 0.1) is 19.5 Å². The van der Waals surface area contributed by atoms with Crippen LogP contribution in [0.25, 0.3) is 0 Å². The predicted molar refractivity (Wildman–Crippen MR) is 90.9 cm³/mol. The number of amides is 1. The second-order valence-corrected chi connectivity index (χ2v) is 6.27. The van der Waals surface area contributed by atoms with Crippen LogP contribution in [0.15, 0.2) is 47.6 Å². The highest BCUT2D eigenvalue weighted by atomic mass is 32.2. The molecule has 122 valence electrons. The van der Waals surface area contributed by atoms with Gasteiger partial charge in [-0.3, -0.25) is 9.78 Å². The molecule has 0 fully saturated rings. The van der Waals surface area contributed by atoms with Gasteiger partial charge in [-0.15, -0.1) is 11.8 Å². The normalized spacial score (nSPS) is 11.6. The van der Waals surface area contributed by atoms with E-state index in [1.54, 1.807) is 26.6 Å². The van der Waals surface area contributed by atoms with Gasteiger partial charge in [-0.25, -0.2) is 0 Å². The Kier molecular flexibility index (Phi) is 6.29. The molecule has 2 aromatic rings. The van der Waals surface area contributed by atoms with E-state index in [0.29, 0.717) is 18.0 Å². The van der Waals surface area contributed by atoms with Crippen molar-refractivity contribution in [1.29, 1.82) is 0 Å². The Labute approximate surface area is 140 Å². The molecule has 0 bridgehead atoms. The highest BCUT2D eigenvalue weighted by Gasteiger charge is 2.15. The lowest BCUT2D eigenvalue weighted by atomic mass is 10.3. The zero-order chi connectivity index (χ0) is 16.7. The van der Waals surface area contributed by atoms with E-state index in [9.17, 15) is 4.79 Å². The number of ether oxygens (including phenoxy) is 2. The number of methoxy groups -OCH3 is 2. The quantitative estimate of drug-likeness (QED) is 0.790. The van der Waals surface area contributed by atoms with Gasteiger partial charge in [0.2, 0.25) is 5.91 Å². The SMILES string of the molecule is COc1ccc(S[C@@H](C)C(=O)NCc2cccnc2)cc1OC. The first-order valence-corrected chi connectivity index (χ1v) is 8.07. The first-order valence-electron chi connectivity index (χ1n) is 7.19. The largest absolute Gasteiger partial charge is 0.493 e. The van der Waals surface area contributed by atoms with Gasteiger partial charge in [-0.05, 0) is 36.8 Å². The van der Waals surface area contributed by atoms with Crippen molar-refractivity contribution < 1.29 is 14.3 Å². The molecule has 0 unspecified atom stereocenters. The fourth-order valence-electron chi connectivity index (χ4n) is 1.98. The lowest BCUT2D eigenvalue weighted by molar-refractivity contribution is -0.120. The maximum atomic E-state index is 12.2. The number of thioether (sulfide) groups is 1. The summed E-state index contributed by atoms with van der Waals surface area (Å²) in [6.07, 6.45) is 3.45. The minimum atomic E-state index is -0.218. The molecule has 0 spiro atoms. The highest BCUT2D eigenvalue weighted by Crippen LogP contribution is 2.33. The summed E-state index contributed by atoms with van der Waals surface area (Å²) >= 11 is 1.47. The van der Waals surface area contributed by atoms with E-state index in [1.807, 2.05) is 37.3 Å². The summed E-state index contributed by atoms with van der Waals surface area (Å²) in [5, 5.41) is 2.70. The third-order valence-electron chi connectivity index (χ3n) is 3.23. The zero-order valence-corrected chi connectivity index (χ0v) is 14.2. The molecule has 0 aliphatic rings. The fraction of sp³-hybridized carbons (Fsp3) is 0.294. The Hall–Kier alpha value is -2.21. The number of carbonyl (C=O) groups excluding carboxylic acids is 1. The van der Waals surface area contributed by atoms with Gasteiger partial charge in [0.15, 0.2) is 11.5 Å². The molecule has 6 heteroatoms. The monoisotopic (exact) mass is 332 g/mol. The van der Waals surface area contributed by atoms with Crippen LogP contribution in [-0.4, -0.2) is 30.4 Å². The van der Waals surface area contributed by atoms with E-state index in [1.165, 1.54) is 11.8 Å². The molecule has 1 atom stereocenters. The number of pyridine rings is 1. The van der Waals surface area contributed by atoms with Gasteiger partial charge < -0.3 is 14.8 Å². The second-order valence-electron chi connectivity index (χ2n) is 4.86. The summed E-state index contributed by atoms with van der Waals surface area (Å²) in [5.74, 6) is 1.31. The Morgan fingerprint density at radius 2 is 2.04 bits per heavy atom. The molecule has 23 heavy (non-hydrogen) atoms. The van der Waals surface area contributed by atoms with Crippen molar-refractivity contribution in [3.05, 3.63) is 48.3 Å². The Morgan fingerprint density at radius 3 is 2.70 bits per heavy atom. The minimum Gasteiger partial charge on any atom is -0.493 e. The predicted octanol–water partition coefficient (Wildman–Crippen LogP) is 2.90. The minimum absolute atomic E-state index is 0.0198. The van der Waals surface area contributed by atoms with Crippen LogP contribution in [0.1, 0.15) is 12.5 Å². The van der Waals surface area contributed by atoms with E-state index in [4.69, 9.17) is 9.47 Å². The van der Waals surface area contributed by atoms with Crippen LogP contribution in [0.4, 0.5) is 0 Å². The molecule has 0 saturated heterocycles. The van der Waals surface area contributed by atoms with Crippen molar-refractivity contribution >= 4 is 17.7 Å². The van der Waals surface area contributed by atoms with Gasteiger partial charge in [0, 0.05) is 23.8 Å². The third-order valence-corrected chi connectivity index (χ3v) is 4.32. The Morgan fingerprint density at radius 1 is 1.26 bits per heavy atom. The first-order chi connectivity index (χ1) is 11.1. The maximum Gasteiger partial charge on any atom is 0.233 e. The van der Waals surface area contributed by atoms with Gasteiger partial charge >= 0.3 is 0 Å². The van der Waals surface area contributed by atoms with Gasteiger partial charge in [-0.1, -0.05) is 6.07 Å². The standard InChI is InChI=1S/C17H20N2O3S/c1-12(17(20)19-11-13-5-4-8-18-10-13)23-14-6-7-15(21-2)16(9-14)22-3/h4-10,12H,11H2,1-3H3,(H,19,20)/t12-/m0/s1. The average Bonchev–Trinajstić information content (AvgIpc) is 2.60. The molecular formula is C17H20N2O3S. The van der Waals surface area contributed by atoms with Crippen LogP contribution in [0.3, 0.4) is 0 Å². The van der Waals surface area contributed by atoms with Crippen LogP contribution in [0, 0.1) is 0 Å². The molecule has 1 aromatic carbocycles. The number of benzene rings is 1. The number of rotatable bonds is 7. The molecular weight excluding hydrogens is 312 g/mol. The molecule has 1 aromatic heterocycles. The smallest absolute Gasteiger partial charge is 0.233 e. The van der Waals surface area contributed by atoms with E-state index in [2.05, 4.69) is 10.3 Å². The third kappa shape index (κ3) is 4.89. The summed E-state index contributed by atoms with van der Waals surface area (Å²) in [6.45, 7) is 2.35. The van der Waals surface area contributed by atoms with E-state index in [-0.39, 0.29) is 11.2 Å². The highest BCUT2D eigenvalue weighted by molar-refractivity contribution is 8.00. The number of nitrogens with one attached hydrogen (secondary N) is 1. The van der Waals surface area contributed by atoms with E-state index >= 15 is 0 Å². The lowest BCUT2D eigenvalue weighted by Crippen LogP contribution is -2.30. The summed E-state index contributed by atoms with van der Waals surface area (Å²) < 4.78 is 10.5. The number of carbonyl (C=O) groups is 1. The van der Waals surface area contributed by atoms with Crippen molar-refractivity contribution in [3.8, 4) is 11.5 Å². The van der Waals surface area contributed by atoms with Crippen LogP contribution < -0.4 is 14.8 Å². The van der Waals surface area contributed by atoms with Crippen LogP contribution >= 0.6 is 11.8 Å². The molecule has 0 aliphatic heterocycles. The van der Waals surface area contributed by atoms with Gasteiger partial charge in [-0.2, -0.15) is 0 Å². The molecule has 1 heterocycles. The average molecular weight is 332 g/mol. The topological polar surface area (TPSA) is 60.5 Å². The van der Waals surface area contributed by atoms with E-state index in [0.717, 1.165) is 10.5 Å². The van der Waals surface area contributed by atoms with Crippen LogP contribution in [0.2, 0.25) is 0 Å². The molecule has 0 aliphatic carbocycles. The summed E-state index contributed by atoms with van der Waals surface area (Å²) in [7, 11) is 3.19. The lowest BCUT2D eigenvalue weighted by Gasteiger charge is -2.13. The molecule has 0 radical (unpaired) electrons. The number of hydrogen-bond donors (Lipinski definition) is 1. The number of nitrogens with zero attached hydrogens (tertiary/aromatic N) is 1. The first kappa shape index (κ1) is 17.1.